The summed E-state index contributed by atoms with van der Waals surface area (Å²) in [5, 5.41) is 50.2. The maximum absolute atomic E-state index is 12.8. The molecule has 1 saturated carbocycles. The van der Waals surface area contributed by atoms with Gasteiger partial charge in [0.05, 0.1) is 6.61 Å². The van der Waals surface area contributed by atoms with E-state index in [9.17, 15) is 44.6 Å². The van der Waals surface area contributed by atoms with E-state index in [2.05, 4.69) is 105 Å². The van der Waals surface area contributed by atoms with Gasteiger partial charge in [0.2, 0.25) is 0 Å². The lowest BCUT2D eigenvalue weighted by atomic mass is 9.85. The Hall–Kier alpha value is -3.75. The van der Waals surface area contributed by atoms with Crippen LogP contribution < -0.4 is 0 Å². The average Bonchev–Trinajstić information content (AvgIpc) is 3.29. The van der Waals surface area contributed by atoms with Gasteiger partial charge in [-0.05, 0) is 89.9 Å². The van der Waals surface area contributed by atoms with E-state index in [-0.39, 0.29) is 12.8 Å². The zero-order valence-electron chi connectivity index (χ0n) is 38.7. The second kappa shape index (κ2) is 39.4. The van der Waals surface area contributed by atoms with Crippen LogP contribution in [-0.4, -0.2) is 98.3 Å². The molecular formula is C51H79O13P. The third-order valence-electron chi connectivity index (χ3n) is 9.80. The number of carbonyl (C=O) groups is 2. The molecule has 0 radical (unpaired) electrons. The molecule has 13 nitrogen and oxygen atoms in total. The van der Waals surface area contributed by atoms with Crippen LogP contribution in [0.5, 0.6) is 0 Å². The predicted octanol–water partition coefficient (Wildman–Crippen LogP) is 9.39. The molecule has 1 aliphatic carbocycles. The van der Waals surface area contributed by atoms with Gasteiger partial charge in [0.15, 0.2) is 6.10 Å². The standard InChI is InChI=1S/C51H79O13P/c1-3-5-7-9-11-13-15-17-19-21-22-24-25-27-29-31-33-35-37-39-44(52)61-41-43(42-62-65(59,60)64-51-49(57)47(55)46(54)48(56)50(51)58)63-45(53)40-38-36-34-32-30-28-26-23-20-18-16-14-12-10-8-6-4-2/h5,7,11-14,17-20,22,24,26-29,32-35,43,46-51,54-58H,3-4,6,8-10,15-16,21,23,25,30-31,36-42H2,1-2H3,(H,59,60)/b7-5+,13-11+,14-12+,19-17+,20-18+,24-22+,28-26+,29-27+,34-32+,35-33+/t43-,46?,47-,48?,49?,50?,51?/m0/s1. The van der Waals surface area contributed by atoms with Crippen molar-refractivity contribution in [3.8, 4) is 0 Å². The van der Waals surface area contributed by atoms with E-state index >= 15 is 0 Å². The molecule has 0 spiro atoms. The number of aliphatic hydroxyl groups excluding tert-OH is 5. The number of rotatable bonds is 36. The summed E-state index contributed by atoms with van der Waals surface area (Å²) in [6, 6.07) is 0. The van der Waals surface area contributed by atoms with Crippen LogP contribution in [0, 0.1) is 0 Å². The van der Waals surface area contributed by atoms with Gasteiger partial charge in [0.25, 0.3) is 0 Å². The maximum atomic E-state index is 12.8. The Kier molecular flexibility index (Phi) is 35.9. The summed E-state index contributed by atoms with van der Waals surface area (Å²) in [6.07, 6.45) is 42.7. The number of esters is 2. The maximum Gasteiger partial charge on any atom is 0.472 e. The van der Waals surface area contributed by atoms with E-state index < -0.39 is 75.7 Å². The molecule has 6 N–H and O–H groups in total. The number of hydrogen-bond donors (Lipinski definition) is 6. The molecule has 1 fully saturated rings. The van der Waals surface area contributed by atoms with Gasteiger partial charge < -0.3 is 39.9 Å². The van der Waals surface area contributed by atoms with E-state index in [4.69, 9.17) is 18.5 Å². The van der Waals surface area contributed by atoms with Gasteiger partial charge in [-0.1, -0.05) is 148 Å². The van der Waals surface area contributed by atoms with Crippen LogP contribution in [0.3, 0.4) is 0 Å². The minimum Gasteiger partial charge on any atom is -0.462 e. The largest absolute Gasteiger partial charge is 0.472 e. The number of unbranched alkanes of at least 4 members (excludes halogenated alkanes) is 4. The Balaban J connectivity index is 2.56. The summed E-state index contributed by atoms with van der Waals surface area (Å²) in [4.78, 5) is 35.7. The van der Waals surface area contributed by atoms with Gasteiger partial charge in [-0.3, -0.25) is 18.6 Å². The van der Waals surface area contributed by atoms with E-state index in [1.807, 2.05) is 30.4 Å². The topological polar surface area (TPSA) is 210 Å². The van der Waals surface area contributed by atoms with Crippen LogP contribution in [0.25, 0.3) is 0 Å². The third-order valence-corrected chi connectivity index (χ3v) is 10.8. The second-order valence-corrected chi connectivity index (χ2v) is 16.9. The smallest absolute Gasteiger partial charge is 0.462 e. The fourth-order valence-electron chi connectivity index (χ4n) is 6.07. The van der Waals surface area contributed by atoms with Crippen molar-refractivity contribution in [2.45, 2.75) is 172 Å². The number of ether oxygens (including phenoxy) is 2. The summed E-state index contributed by atoms with van der Waals surface area (Å²) in [6.45, 7) is 3.03. The summed E-state index contributed by atoms with van der Waals surface area (Å²) in [5.41, 5.74) is 0. The van der Waals surface area contributed by atoms with E-state index in [1.165, 1.54) is 19.3 Å². The van der Waals surface area contributed by atoms with Crippen molar-refractivity contribution in [3.63, 3.8) is 0 Å². The molecule has 1 aliphatic rings. The lowest BCUT2D eigenvalue weighted by Crippen LogP contribution is -2.64. The first-order valence-corrected chi connectivity index (χ1v) is 24.8. The highest BCUT2D eigenvalue weighted by atomic mass is 31.2. The number of phosphoric acid groups is 1. The van der Waals surface area contributed by atoms with Gasteiger partial charge in [-0.15, -0.1) is 0 Å². The molecule has 8 atom stereocenters. The van der Waals surface area contributed by atoms with Gasteiger partial charge in [-0.25, -0.2) is 4.57 Å². The quantitative estimate of drug-likeness (QED) is 0.0150. The lowest BCUT2D eigenvalue weighted by Gasteiger charge is -2.41. The minimum atomic E-state index is -5.16. The van der Waals surface area contributed by atoms with E-state index in [0.29, 0.717) is 25.7 Å². The zero-order valence-corrected chi connectivity index (χ0v) is 39.6. The van der Waals surface area contributed by atoms with Gasteiger partial charge >= 0.3 is 19.8 Å². The second-order valence-electron chi connectivity index (χ2n) is 15.5. The summed E-state index contributed by atoms with van der Waals surface area (Å²) < 4.78 is 33.4. The highest BCUT2D eigenvalue weighted by Crippen LogP contribution is 2.47. The first kappa shape index (κ1) is 59.3. The van der Waals surface area contributed by atoms with Gasteiger partial charge in [0.1, 0.15) is 43.2 Å². The molecule has 0 heterocycles. The summed E-state index contributed by atoms with van der Waals surface area (Å²) >= 11 is 0. The SMILES string of the molecule is CC/C=C/C/C=C/C/C=C/C/C=C/C/C=C/C/C=C/CCC(=O)OC[C@@H](COP(=O)(O)OC1C(O)C(O)C(O)[C@H](O)C1O)OC(=O)CCC/C=C/C/C=C/C/C=C/C/C=C/CCCCC. The normalized spacial score (nSPS) is 22.5. The molecule has 0 aliphatic heterocycles. The van der Waals surface area contributed by atoms with Crippen molar-refractivity contribution in [3.05, 3.63) is 122 Å². The van der Waals surface area contributed by atoms with Gasteiger partial charge in [-0.2, -0.15) is 0 Å². The fourth-order valence-corrected chi connectivity index (χ4v) is 7.04. The first-order chi connectivity index (χ1) is 31.4. The molecule has 0 aromatic carbocycles. The summed E-state index contributed by atoms with van der Waals surface area (Å²) in [7, 11) is -5.16. The Bertz CT molecular complexity index is 1590. The molecule has 14 heteroatoms. The van der Waals surface area contributed by atoms with E-state index in [0.717, 1.165) is 57.8 Å². The molecular weight excluding hydrogens is 852 g/mol. The Morgan fingerprint density at radius 1 is 0.492 bits per heavy atom. The van der Waals surface area contributed by atoms with E-state index in [1.54, 1.807) is 0 Å². The van der Waals surface area contributed by atoms with Crippen molar-refractivity contribution in [1.82, 2.24) is 0 Å². The van der Waals surface area contributed by atoms with Crippen LogP contribution in [0.2, 0.25) is 0 Å². The number of carbonyl (C=O) groups excluding carboxylic acids is 2. The van der Waals surface area contributed by atoms with Crippen molar-refractivity contribution < 1.29 is 63.1 Å². The minimum absolute atomic E-state index is 0.00297. The molecule has 65 heavy (non-hydrogen) atoms. The number of hydrogen-bond acceptors (Lipinski definition) is 12. The van der Waals surface area contributed by atoms with Crippen molar-refractivity contribution >= 4 is 19.8 Å². The Morgan fingerprint density at radius 2 is 0.892 bits per heavy atom. The first-order valence-electron chi connectivity index (χ1n) is 23.3. The summed E-state index contributed by atoms with van der Waals surface area (Å²) in [5.74, 6) is -1.28. The van der Waals surface area contributed by atoms with Crippen LogP contribution >= 0.6 is 7.82 Å². The highest BCUT2D eigenvalue weighted by Gasteiger charge is 2.51. The number of phosphoric ester groups is 1. The van der Waals surface area contributed by atoms with Crippen LogP contribution in [0.1, 0.15) is 129 Å². The lowest BCUT2D eigenvalue weighted by molar-refractivity contribution is -0.220. The van der Waals surface area contributed by atoms with Crippen molar-refractivity contribution in [1.29, 1.82) is 0 Å². The number of aliphatic hydroxyl groups is 5. The van der Waals surface area contributed by atoms with Crippen molar-refractivity contribution in [2.24, 2.45) is 0 Å². The molecule has 0 bridgehead atoms. The Labute approximate surface area is 388 Å². The molecule has 0 aromatic heterocycles. The molecule has 366 valence electrons. The third kappa shape index (κ3) is 31.7. The van der Waals surface area contributed by atoms with Crippen LogP contribution in [-0.2, 0) is 32.7 Å². The number of allylic oxidation sites excluding steroid dienone is 20. The average molecular weight is 931 g/mol. The van der Waals surface area contributed by atoms with Crippen LogP contribution in [0.15, 0.2) is 122 Å². The van der Waals surface area contributed by atoms with Crippen molar-refractivity contribution in [2.75, 3.05) is 13.2 Å². The Morgan fingerprint density at radius 3 is 1.34 bits per heavy atom. The molecule has 0 saturated heterocycles. The molecule has 1 rings (SSSR count). The molecule has 0 aromatic rings. The monoisotopic (exact) mass is 931 g/mol. The fraction of sp³-hybridized carbons (Fsp3) is 0.569. The zero-order chi connectivity index (χ0) is 47.8. The van der Waals surface area contributed by atoms with Crippen LogP contribution in [0.4, 0.5) is 0 Å². The molecule has 6 unspecified atom stereocenters. The predicted molar refractivity (Wildman–Crippen MR) is 257 cm³/mol. The van der Waals surface area contributed by atoms with Gasteiger partial charge in [0, 0.05) is 12.8 Å². The highest BCUT2D eigenvalue weighted by molar-refractivity contribution is 7.47. The molecule has 0 amide bonds.